The van der Waals surface area contributed by atoms with Crippen molar-refractivity contribution in [1.29, 1.82) is 0 Å². The van der Waals surface area contributed by atoms with Crippen molar-refractivity contribution in [3.8, 4) is 11.5 Å². The highest BCUT2D eigenvalue weighted by atomic mass is 79.9. The highest BCUT2D eigenvalue weighted by Gasteiger charge is 2.18. The molecule has 0 amide bonds. The SMILES string of the molecule is Cc1cccc(C)c1Oc1cc(Br)cc(N(c2ccccc2)c2c(C)cccc2C)c1. The quantitative estimate of drug-likeness (QED) is 0.287. The van der Waals surface area contributed by atoms with Gasteiger partial charge in [0.15, 0.2) is 0 Å². The van der Waals surface area contributed by atoms with E-state index in [1.807, 2.05) is 12.1 Å². The zero-order valence-corrected chi connectivity index (χ0v) is 19.9. The second-order valence-electron chi connectivity index (χ2n) is 7.88. The Kier molecular flexibility index (Phi) is 6.15. The molecule has 0 aliphatic carbocycles. The molecule has 0 saturated heterocycles. The Balaban J connectivity index is 1.87. The molecule has 0 fully saturated rings. The van der Waals surface area contributed by atoms with Crippen LogP contribution in [0.5, 0.6) is 11.5 Å². The molecule has 0 bridgehead atoms. The van der Waals surface area contributed by atoms with Crippen LogP contribution in [-0.4, -0.2) is 0 Å². The summed E-state index contributed by atoms with van der Waals surface area (Å²) in [6.45, 7) is 8.47. The van der Waals surface area contributed by atoms with Gasteiger partial charge in [0.1, 0.15) is 11.5 Å². The predicted octanol–water partition coefficient (Wildman–Crippen LogP) is 8.94. The van der Waals surface area contributed by atoms with Crippen molar-refractivity contribution < 1.29 is 4.74 Å². The Hall–Kier alpha value is -3.04. The van der Waals surface area contributed by atoms with Gasteiger partial charge in [0.05, 0.1) is 11.4 Å². The van der Waals surface area contributed by atoms with E-state index >= 15 is 0 Å². The molecule has 4 rings (SSSR count). The van der Waals surface area contributed by atoms with Gasteiger partial charge in [-0.2, -0.15) is 0 Å². The summed E-state index contributed by atoms with van der Waals surface area (Å²) in [7, 11) is 0. The molecule has 0 unspecified atom stereocenters. The first-order chi connectivity index (χ1) is 14.9. The number of hydrogen-bond donors (Lipinski definition) is 0. The Bertz CT molecular complexity index is 1180. The second kappa shape index (κ2) is 8.99. The fraction of sp³-hybridized carbons (Fsp3) is 0.143. The summed E-state index contributed by atoms with van der Waals surface area (Å²) in [6.07, 6.45) is 0. The number of anilines is 3. The molecule has 3 heteroatoms. The van der Waals surface area contributed by atoms with Crippen molar-refractivity contribution in [3.05, 3.63) is 112 Å². The Morgan fingerprint density at radius 1 is 0.613 bits per heavy atom. The number of rotatable bonds is 5. The molecule has 0 atom stereocenters. The number of aryl methyl sites for hydroxylation is 4. The number of halogens is 1. The topological polar surface area (TPSA) is 12.5 Å². The predicted molar refractivity (Wildman–Crippen MR) is 134 cm³/mol. The van der Waals surface area contributed by atoms with E-state index in [0.29, 0.717) is 0 Å². The summed E-state index contributed by atoms with van der Waals surface area (Å²) in [4.78, 5) is 2.30. The van der Waals surface area contributed by atoms with Gasteiger partial charge >= 0.3 is 0 Å². The fourth-order valence-electron chi connectivity index (χ4n) is 3.96. The molecular weight excluding hydrogens is 446 g/mol. The summed E-state index contributed by atoms with van der Waals surface area (Å²) in [6, 6.07) is 29.4. The van der Waals surface area contributed by atoms with Gasteiger partial charge in [0.25, 0.3) is 0 Å². The lowest BCUT2D eigenvalue weighted by molar-refractivity contribution is 0.475. The fourth-order valence-corrected chi connectivity index (χ4v) is 4.42. The minimum absolute atomic E-state index is 0.800. The molecule has 2 nitrogen and oxygen atoms in total. The third-order valence-electron chi connectivity index (χ3n) is 5.42. The van der Waals surface area contributed by atoms with Crippen LogP contribution in [0.2, 0.25) is 0 Å². The molecular formula is C28H26BrNO. The van der Waals surface area contributed by atoms with Gasteiger partial charge in [-0.25, -0.2) is 0 Å². The van der Waals surface area contributed by atoms with Crippen LogP contribution in [0.3, 0.4) is 0 Å². The largest absolute Gasteiger partial charge is 0.457 e. The van der Waals surface area contributed by atoms with Gasteiger partial charge in [-0.1, -0.05) is 70.5 Å². The first kappa shape index (κ1) is 21.2. The lowest BCUT2D eigenvalue weighted by Gasteiger charge is -2.29. The van der Waals surface area contributed by atoms with E-state index in [9.17, 15) is 0 Å². The minimum atomic E-state index is 0.800. The Morgan fingerprint density at radius 2 is 1.19 bits per heavy atom. The lowest BCUT2D eigenvalue weighted by atomic mass is 10.1. The number of benzene rings is 4. The third-order valence-corrected chi connectivity index (χ3v) is 5.88. The van der Waals surface area contributed by atoms with E-state index in [1.54, 1.807) is 0 Å². The van der Waals surface area contributed by atoms with Crippen LogP contribution in [-0.2, 0) is 0 Å². The molecule has 0 radical (unpaired) electrons. The zero-order valence-electron chi connectivity index (χ0n) is 18.3. The third kappa shape index (κ3) is 4.52. The number of para-hydroxylation sites is 3. The summed E-state index contributed by atoms with van der Waals surface area (Å²) in [5, 5.41) is 0. The number of ether oxygens (including phenoxy) is 1. The van der Waals surface area contributed by atoms with Crippen molar-refractivity contribution >= 4 is 33.0 Å². The first-order valence-corrected chi connectivity index (χ1v) is 11.2. The monoisotopic (exact) mass is 471 g/mol. The summed E-state index contributed by atoms with van der Waals surface area (Å²) >= 11 is 3.71. The van der Waals surface area contributed by atoms with E-state index in [0.717, 1.165) is 38.5 Å². The summed E-state index contributed by atoms with van der Waals surface area (Å²) < 4.78 is 7.36. The Labute approximate surface area is 193 Å². The minimum Gasteiger partial charge on any atom is -0.457 e. The van der Waals surface area contributed by atoms with Gasteiger partial charge in [0.2, 0.25) is 0 Å². The average Bonchev–Trinajstić information content (AvgIpc) is 2.74. The highest BCUT2D eigenvalue weighted by Crippen LogP contribution is 2.42. The maximum Gasteiger partial charge on any atom is 0.133 e. The molecule has 0 saturated carbocycles. The normalized spacial score (nSPS) is 10.7. The lowest BCUT2D eigenvalue weighted by Crippen LogP contribution is -2.13. The van der Waals surface area contributed by atoms with Gasteiger partial charge in [-0.15, -0.1) is 0 Å². The van der Waals surface area contributed by atoms with Crippen molar-refractivity contribution in [2.75, 3.05) is 4.90 Å². The van der Waals surface area contributed by atoms with Crippen molar-refractivity contribution in [3.63, 3.8) is 0 Å². The van der Waals surface area contributed by atoms with E-state index in [4.69, 9.17) is 4.74 Å². The second-order valence-corrected chi connectivity index (χ2v) is 8.80. The molecule has 4 aromatic carbocycles. The molecule has 0 aliphatic rings. The van der Waals surface area contributed by atoms with Gasteiger partial charge < -0.3 is 9.64 Å². The van der Waals surface area contributed by atoms with Crippen LogP contribution >= 0.6 is 15.9 Å². The van der Waals surface area contributed by atoms with E-state index in [2.05, 4.69) is 121 Å². The zero-order chi connectivity index (χ0) is 22.0. The highest BCUT2D eigenvalue weighted by molar-refractivity contribution is 9.10. The molecule has 4 aromatic rings. The van der Waals surface area contributed by atoms with Crippen LogP contribution in [0.1, 0.15) is 22.3 Å². The van der Waals surface area contributed by atoms with E-state index < -0.39 is 0 Å². The average molecular weight is 472 g/mol. The van der Waals surface area contributed by atoms with Crippen LogP contribution in [0, 0.1) is 27.7 Å². The van der Waals surface area contributed by atoms with Gasteiger partial charge in [-0.05, 0) is 74.2 Å². The molecule has 0 N–H and O–H groups in total. The van der Waals surface area contributed by atoms with E-state index in [-0.39, 0.29) is 0 Å². The van der Waals surface area contributed by atoms with Crippen molar-refractivity contribution in [2.45, 2.75) is 27.7 Å². The maximum absolute atomic E-state index is 6.39. The van der Waals surface area contributed by atoms with Gasteiger partial charge in [0, 0.05) is 16.2 Å². The molecule has 0 heterocycles. The van der Waals surface area contributed by atoms with Crippen LogP contribution in [0.4, 0.5) is 17.1 Å². The first-order valence-electron chi connectivity index (χ1n) is 10.4. The summed E-state index contributed by atoms with van der Waals surface area (Å²) in [5.74, 6) is 1.71. The maximum atomic E-state index is 6.39. The van der Waals surface area contributed by atoms with Gasteiger partial charge in [-0.3, -0.25) is 0 Å². The summed E-state index contributed by atoms with van der Waals surface area (Å²) in [5.41, 5.74) is 8.02. The molecule has 0 spiro atoms. The standard InChI is InChI=1S/C28H26BrNO/c1-19-10-8-11-20(2)27(19)30(24-14-6-5-7-15-24)25-16-23(29)17-26(18-25)31-28-21(3)12-9-13-22(28)4/h5-18H,1-4H3. The number of hydrogen-bond acceptors (Lipinski definition) is 2. The molecule has 0 aliphatic heterocycles. The smallest absolute Gasteiger partial charge is 0.133 e. The van der Waals surface area contributed by atoms with Crippen LogP contribution in [0.15, 0.2) is 89.4 Å². The van der Waals surface area contributed by atoms with Crippen LogP contribution < -0.4 is 9.64 Å². The molecule has 31 heavy (non-hydrogen) atoms. The van der Waals surface area contributed by atoms with Crippen LogP contribution in [0.25, 0.3) is 0 Å². The molecule has 0 aromatic heterocycles. The molecule has 156 valence electrons. The number of nitrogens with zero attached hydrogens (tertiary/aromatic N) is 1. The van der Waals surface area contributed by atoms with Crippen molar-refractivity contribution in [1.82, 2.24) is 0 Å². The Morgan fingerprint density at radius 3 is 1.81 bits per heavy atom. The van der Waals surface area contributed by atoms with Crippen molar-refractivity contribution in [2.24, 2.45) is 0 Å². The van der Waals surface area contributed by atoms with E-state index in [1.165, 1.54) is 16.8 Å².